The zero-order valence-corrected chi connectivity index (χ0v) is 13.7. The van der Waals surface area contributed by atoms with Crippen molar-refractivity contribution in [2.24, 2.45) is 0 Å². The van der Waals surface area contributed by atoms with Gasteiger partial charge in [-0.3, -0.25) is 8.98 Å². The number of carbonyl (C=O) groups excluding carboxylic acids is 1. The molecule has 0 radical (unpaired) electrons. The monoisotopic (exact) mass is 330 g/mol. The Balaban J connectivity index is 2.18. The van der Waals surface area contributed by atoms with Crippen LogP contribution in [0.4, 0.5) is 0 Å². The predicted molar refractivity (Wildman–Crippen MR) is 81.0 cm³/mol. The number of rotatable bonds is 10. The smallest absolute Gasteiger partial charge is 0.305 e. The highest BCUT2D eigenvalue weighted by atomic mass is 32.2. The standard InChI is InChI=1S/C15H22O6S/c1-3-4-15(16)20-11-9-19-10-12-21-22(17,18)14-7-5-13(2)6-8-14/h5-8H,3-4,9-12H2,1-2H3. The minimum absolute atomic E-state index is 0.0842. The largest absolute Gasteiger partial charge is 0.463 e. The van der Waals surface area contributed by atoms with Crippen molar-refractivity contribution in [1.29, 1.82) is 0 Å². The lowest BCUT2D eigenvalue weighted by Gasteiger charge is -2.07. The summed E-state index contributed by atoms with van der Waals surface area (Å²) in [5, 5.41) is 0. The van der Waals surface area contributed by atoms with Crippen LogP contribution in [0.2, 0.25) is 0 Å². The lowest BCUT2D eigenvalue weighted by molar-refractivity contribution is -0.145. The number of hydrogen-bond acceptors (Lipinski definition) is 6. The van der Waals surface area contributed by atoms with Crippen LogP contribution in [0.5, 0.6) is 0 Å². The Morgan fingerprint density at radius 1 is 1.05 bits per heavy atom. The van der Waals surface area contributed by atoms with Gasteiger partial charge in [-0.25, -0.2) is 0 Å². The summed E-state index contributed by atoms with van der Waals surface area (Å²) in [5.41, 5.74) is 0.972. The van der Waals surface area contributed by atoms with Gasteiger partial charge >= 0.3 is 5.97 Å². The second-order valence-corrected chi connectivity index (χ2v) is 6.29. The molecule has 7 heteroatoms. The number of benzene rings is 1. The fourth-order valence-corrected chi connectivity index (χ4v) is 2.46. The van der Waals surface area contributed by atoms with Crippen LogP contribution in [0.25, 0.3) is 0 Å². The topological polar surface area (TPSA) is 78.9 Å². The third kappa shape index (κ3) is 7.02. The van der Waals surface area contributed by atoms with Crippen LogP contribution < -0.4 is 0 Å². The summed E-state index contributed by atoms with van der Waals surface area (Å²) in [6.07, 6.45) is 1.13. The Morgan fingerprint density at radius 3 is 2.32 bits per heavy atom. The molecular formula is C15H22O6S. The molecule has 0 N–H and O–H groups in total. The van der Waals surface area contributed by atoms with Gasteiger partial charge in [0.1, 0.15) is 6.61 Å². The molecule has 0 heterocycles. The maximum absolute atomic E-state index is 11.8. The van der Waals surface area contributed by atoms with Gasteiger partial charge in [-0.1, -0.05) is 24.6 Å². The van der Waals surface area contributed by atoms with E-state index in [0.29, 0.717) is 6.42 Å². The number of hydrogen-bond donors (Lipinski definition) is 0. The third-order valence-electron chi connectivity index (χ3n) is 2.72. The molecule has 0 aliphatic heterocycles. The molecule has 124 valence electrons. The van der Waals surface area contributed by atoms with E-state index in [1.807, 2.05) is 13.8 Å². The zero-order valence-electron chi connectivity index (χ0n) is 12.9. The molecule has 22 heavy (non-hydrogen) atoms. The first-order chi connectivity index (χ1) is 10.5. The maximum atomic E-state index is 11.8. The van der Waals surface area contributed by atoms with Crippen LogP contribution in [-0.4, -0.2) is 40.8 Å². The van der Waals surface area contributed by atoms with E-state index in [0.717, 1.165) is 12.0 Å². The zero-order chi connectivity index (χ0) is 16.4. The Morgan fingerprint density at radius 2 is 1.68 bits per heavy atom. The molecule has 1 aromatic carbocycles. The molecule has 0 aliphatic rings. The van der Waals surface area contributed by atoms with Crippen LogP contribution in [0.15, 0.2) is 29.2 Å². The number of esters is 1. The molecule has 0 unspecified atom stereocenters. The van der Waals surface area contributed by atoms with E-state index >= 15 is 0 Å². The molecule has 0 saturated heterocycles. The second-order valence-electron chi connectivity index (χ2n) is 4.67. The van der Waals surface area contributed by atoms with E-state index in [4.69, 9.17) is 13.7 Å². The summed E-state index contributed by atoms with van der Waals surface area (Å²) in [4.78, 5) is 11.2. The summed E-state index contributed by atoms with van der Waals surface area (Å²) in [5.74, 6) is -0.260. The number of carbonyl (C=O) groups is 1. The van der Waals surface area contributed by atoms with Crippen LogP contribution in [-0.2, 0) is 28.6 Å². The minimum Gasteiger partial charge on any atom is -0.463 e. The summed E-state index contributed by atoms with van der Waals surface area (Å²) in [6.45, 7) is 4.16. The van der Waals surface area contributed by atoms with Crippen LogP contribution in [0.3, 0.4) is 0 Å². The summed E-state index contributed by atoms with van der Waals surface area (Å²) >= 11 is 0. The highest BCUT2D eigenvalue weighted by Gasteiger charge is 2.14. The fourth-order valence-electron chi connectivity index (χ4n) is 1.57. The Labute approximate surface area is 131 Å². The van der Waals surface area contributed by atoms with Gasteiger partial charge in [-0.15, -0.1) is 0 Å². The molecule has 0 bridgehead atoms. The van der Waals surface area contributed by atoms with Crippen molar-refractivity contribution in [3.63, 3.8) is 0 Å². The number of aryl methyl sites for hydroxylation is 1. The van der Waals surface area contributed by atoms with E-state index in [1.54, 1.807) is 12.1 Å². The first-order valence-corrected chi connectivity index (χ1v) is 8.56. The molecule has 1 aromatic rings. The van der Waals surface area contributed by atoms with E-state index in [2.05, 4.69) is 0 Å². The van der Waals surface area contributed by atoms with Gasteiger partial charge in [-0.05, 0) is 25.5 Å². The third-order valence-corrected chi connectivity index (χ3v) is 4.05. The van der Waals surface area contributed by atoms with Crippen molar-refractivity contribution < 1.29 is 26.9 Å². The quantitative estimate of drug-likeness (QED) is 0.371. The average molecular weight is 330 g/mol. The average Bonchev–Trinajstić information content (AvgIpc) is 2.47. The van der Waals surface area contributed by atoms with Gasteiger partial charge in [0.2, 0.25) is 0 Å². The molecule has 0 aliphatic carbocycles. The minimum atomic E-state index is -3.76. The summed E-state index contributed by atoms with van der Waals surface area (Å²) in [7, 11) is -3.76. The number of ether oxygens (including phenoxy) is 2. The molecule has 1 rings (SSSR count). The highest BCUT2D eigenvalue weighted by Crippen LogP contribution is 2.12. The molecule has 6 nitrogen and oxygen atoms in total. The molecule has 0 atom stereocenters. The van der Waals surface area contributed by atoms with Crippen LogP contribution >= 0.6 is 0 Å². The van der Waals surface area contributed by atoms with Gasteiger partial charge in [0.15, 0.2) is 0 Å². The van der Waals surface area contributed by atoms with E-state index < -0.39 is 10.1 Å². The van der Waals surface area contributed by atoms with Gasteiger partial charge in [0, 0.05) is 6.42 Å². The summed E-state index contributed by atoms with van der Waals surface area (Å²) in [6, 6.07) is 6.41. The molecule has 0 amide bonds. The van der Waals surface area contributed by atoms with Crippen molar-refractivity contribution in [2.75, 3.05) is 26.4 Å². The molecule has 0 saturated carbocycles. The maximum Gasteiger partial charge on any atom is 0.305 e. The second kappa shape index (κ2) is 9.55. The predicted octanol–water partition coefficient (Wildman–Crippen LogP) is 2.06. The van der Waals surface area contributed by atoms with Crippen LogP contribution in [0, 0.1) is 6.92 Å². The lowest BCUT2D eigenvalue weighted by atomic mass is 10.2. The van der Waals surface area contributed by atoms with Crippen molar-refractivity contribution in [3.05, 3.63) is 29.8 Å². The summed E-state index contributed by atoms with van der Waals surface area (Å²) < 4.78 is 38.6. The normalized spacial score (nSPS) is 11.4. The van der Waals surface area contributed by atoms with Crippen molar-refractivity contribution in [2.45, 2.75) is 31.6 Å². The fraction of sp³-hybridized carbons (Fsp3) is 0.533. The van der Waals surface area contributed by atoms with Gasteiger partial charge in [0.25, 0.3) is 10.1 Å². The van der Waals surface area contributed by atoms with Gasteiger partial charge in [-0.2, -0.15) is 8.42 Å². The highest BCUT2D eigenvalue weighted by molar-refractivity contribution is 7.86. The van der Waals surface area contributed by atoms with Gasteiger partial charge < -0.3 is 9.47 Å². The Kier molecular flexibility index (Phi) is 8.08. The Bertz CT molecular complexity index is 550. The lowest BCUT2D eigenvalue weighted by Crippen LogP contribution is -2.14. The van der Waals surface area contributed by atoms with Crippen molar-refractivity contribution in [1.82, 2.24) is 0 Å². The van der Waals surface area contributed by atoms with Crippen molar-refractivity contribution >= 4 is 16.1 Å². The van der Waals surface area contributed by atoms with E-state index in [1.165, 1.54) is 12.1 Å². The molecule has 0 aromatic heterocycles. The van der Waals surface area contributed by atoms with E-state index in [9.17, 15) is 13.2 Å². The molecular weight excluding hydrogens is 308 g/mol. The van der Waals surface area contributed by atoms with Gasteiger partial charge in [0.05, 0.1) is 24.7 Å². The Hall–Kier alpha value is -1.44. The van der Waals surface area contributed by atoms with Crippen molar-refractivity contribution in [3.8, 4) is 0 Å². The van der Waals surface area contributed by atoms with Crippen LogP contribution in [0.1, 0.15) is 25.3 Å². The first-order valence-electron chi connectivity index (χ1n) is 7.15. The van der Waals surface area contributed by atoms with E-state index in [-0.39, 0.29) is 37.3 Å². The molecule has 0 fully saturated rings. The first kappa shape index (κ1) is 18.6. The molecule has 0 spiro atoms. The SMILES string of the molecule is CCCC(=O)OCCOCCOS(=O)(=O)c1ccc(C)cc1.